The number of halogens is 1. The van der Waals surface area contributed by atoms with Gasteiger partial charge in [-0.1, -0.05) is 18.2 Å². The highest BCUT2D eigenvalue weighted by Crippen LogP contribution is 2.38. The molecule has 1 N–H and O–H groups in total. The molecule has 0 aromatic heterocycles. The second-order valence-corrected chi connectivity index (χ2v) is 7.62. The Kier molecular flexibility index (Phi) is 5.29. The van der Waals surface area contributed by atoms with Crippen LogP contribution in [-0.4, -0.2) is 26.6 Å². The number of rotatable bonds is 5. The first-order valence-corrected chi connectivity index (χ1v) is 9.62. The van der Waals surface area contributed by atoms with Crippen molar-refractivity contribution in [3.63, 3.8) is 0 Å². The maximum atomic E-state index is 13.9. The second-order valence-electron chi connectivity index (χ2n) is 5.94. The molecule has 3 rings (SSSR count). The molecule has 1 aliphatic heterocycles. The quantitative estimate of drug-likeness (QED) is 0.615. The van der Waals surface area contributed by atoms with Crippen LogP contribution in [-0.2, 0) is 10.0 Å². The Hall–Kier alpha value is -2.72. The van der Waals surface area contributed by atoms with E-state index in [9.17, 15) is 22.9 Å². The van der Waals surface area contributed by atoms with Gasteiger partial charge in [-0.3, -0.25) is 10.1 Å². The van der Waals surface area contributed by atoms with Crippen molar-refractivity contribution in [3.05, 3.63) is 57.9 Å². The highest BCUT2D eigenvalue weighted by atomic mass is 32.2. The van der Waals surface area contributed by atoms with Crippen molar-refractivity contribution in [2.75, 3.05) is 13.2 Å². The first kappa shape index (κ1) is 19.1. The van der Waals surface area contributed by atoms with Gasteiger partial charge in [0.1, 0.15) is 5.82 Å². The van der Waals surface area contributed by atoms with Crippen LogP contribution in [0.25, 0.3) is 0 Å². The van der Waals surface area contributed by atoms with Crippen molar-refractivity contribution in [2.24, 2.45) is 0 Å². The van der Waals surface area contributed by atoms with Gasteiger partial charge in [0, 0.05) is 24.1 Å². The summed E-state index contributed by atoms with van der Waals surface area (Å²) in [7, 11) is -4.34. The standard InChI is InChI=1S/C17H17FN2O6S/c1-11(12-5-2-3-6-13(12)18)19-27(23,24)17-10-16-15(9-14(17)20(21)22)25-7-4-8-26-16/h2-3,5-6,9-11,19H,4,7-8H2,1H3/t11-/m1/s1. The molecule has 0 unspecified atom stereocenters. The number of ether oxygens (including phenoxy) is 2. The Bertz CT molecular complexity index is 979. The summed E-state index contributed by atoms with van der Waals surface area (Å²) in [6, 6.07) is 6.85. The lowest BCUT2D eigenvalue weighted by Crippen LogP contribution is -2.28. The Morgan fingerprint density at radius 2 is 1.81 bits per heavy atom. The van der Waals surface area contributed by atoms with E-state index >= 15 is 0 Å². The summed E-state index contributed by atoms with van der Waals surface area (Å²) in [4.78, 5) is 10.0. The normalized spacial score (nSPS) is 15.0. The van der Waals surface area contributed by atoms with Gasteiger partial charge in [0.05, 0.1) is 24.2 Å². The average molecular weight is 396 g/mol. The van der Waals surface area contributed by atoms with Crippen molar-refractivity contribution in [1.82, 2.24) is 4.72 Å². The summed E-state index contributed by atoms with van der Waals surface area (Å²) in [5, 5.41) is 11.4. The molecule has 2 aromatic carbocycles. The largest absolute Gasteiger partial charge is 0.490 e. The molecule has 1 heterocycles. The molecule has 0 fully saturated rings. The number of benzene rings is 2. The van der Waals surface area contributed by atoms with Crippen molar-refractivity contribution in [3.8, 4) is 11.5 Å². The Labute approximate surface area is 155 Å². The molecule has 0 amide bonds. The molecule has 0 aliphatic carbocycles. The van der Waals surface area contributed by atoms with Crippen molar-refractivity contribution >= 4 is 15.7 Å². The SMILES string of the molecule is C[C@@H](NS(=O)(=O)c1cc2c(cc1[N+](=O)[O-])OCCCO2)c1ccccc1F. The minimum absolute atomic E-state index is 0.108. The number of nitrogens with zero attached hydrogens (tertiary/aromatic N) is 1. The summed E-state index contributed by atoms with van der Waals surface area (Å²) < 4.78 is 52.6. The minimum Gasteiger partial charge on any atom is -0.490 e. The predicted molar refractivity (Wildman–Crippen MR) is 93.8 cm³/mol. The number of nitrogens with one attached hydrogen (secondary N) is 1. The highest BCUT2D eigenvalue weighted by molar-refractivity contribution is 7.89. The molecule has 0 saturated carbocycles. The molecule has 8 nitrogen and oxygen atoms in total. The summed E-state index contributed by atoms with van der Waals surface area (Å²) in [5.74, 6) is -0.363. The Balaban J connectivity index is 2.01. The van der Waals surface area contributed by atoms with Crippen LogP contribution in [0.4, 0.5) is 10.1 Å². The third kappa shape index (κ3) is 4.01. The molecule has 0 bridgehead atoms. The summed E-state index contributed by atoms with van der Waals surface area (Å²) >= 11 is 0. The van der Waals surface area contributed by atoms with Crippen LogP contribution in [0.5, 0.6) is 11.5 Å². The van der Waals surface area contributed by atoms with E-state index in [2.05, 4.69) is 4.72 Å². The molecule has 10 heteroatoms. The third-order valence-electron chi connectivity index (χ3n) is 4.02. The maximum Gasteiger partial charge on any atom is 0.293 e. The molecular formula is C17H17FN2O6S. The van der Waals surface area contributed by atoms with Crippen molar-refractivity contribution < 1.29 is 27.2 Å². The van der Waals surface area contributed by atoms with Gasteiger partial charge in [-0.25, -0.2) is 17.5 Å². The monoisotopic (exact) mass is 396 g/mol. The lowest BCUT2D eigenvalue weighted by atomic mass is 10.1. The molecule has 1 aliphatic rings. The smallest absolute Gasteiger partial charge is 0.293 e. The van der Waals surface area contributed by atoms with Gasteiger partial charge >= 0.3 is 0 Å². The fourth-order valence-electron chi connectivity index (χ4n) is 2.72. The van der Waals surface area contributed by atoms with E-state index in [1.54, 1.807) is 6.07 Å². The zero-order valence-corrected chi connectivity index (χ0v) is 15.2. The Morgan fingerprint density at radius 3 is 2.44 bits per heavy atom. The fourth-order valence-corrected chi connectivity index (χ4v) is 4.11. The van der Waals surface area contributed by atoms with Crippen LogP contribution in [0.1, 0.15) is 24.9 Å². The third-order valence-corrected chi connectivity index (χ3v) is 5.59. The molecule has 0 radical (unpaired) electrons. The predicted octanol–water partition coefficient (Wildman–Crippen LogP) is 2.93. The van der Waals surface area contributed by atoms with Crippen LogP contribution >= 0.6 is 0 Å². The molecule has 2 aromatic rings. The summed E-state index contributed by atoms with van der Waals surface area (Å²) in [6.07, 6.45) is 0.563. The first-order valence-electron chi connectivity index (χ1n) is 8.14. The van der Waals surface area contributed by atoms with Gasteiger partial charge in [0.2, 0.25) is 10.0 Å². The summed E-state index contributed by atoms with van der Waals surface area (Å²) in [6.45, 7) is 2.05. The van der Waals surface area contributed by atoms with Gasteiger partial charge in [0.25, 0.3) is 5.69 Å². The maximum absolute atomic E-state index is 13.9. The van der Waals surface area contributed by atoms with Crippen LogP contribution in [0, 0.1) is 15.9 Å². The van der Waals surface area contributed by atoms with Gasteiger partial charge < -0.3 is 9.47 Å². The number of hydrogen-bond donors (Lipinski definition) is 1. The highest BCUT2D eigenvalue weighted by Gasteiger charge is 2.31. The molecule has 1 atom stereocenters. The van der Waals surface area contributed by atoms with E-state index in [1.165, 1.54) is 25.1 Å². The topological polar surface area (TPSA) is 108 Å². The molecule has 0 saturated heterocycles. The van der Waals surface area contributed by atoms with Crippen molar-refractivity contribution in [1.29, 1.82) is 0 Å². The number of sulfonamides is 1. The van der Waals surface area contributed by atoms with Gasteiger partial charge in [0.15, 0.2) is 16.4 Å². The van der Waals surface area contributed by atoms with E-state index in [-0.39, 0.29) is 17.1 Å². The van der Waals surface area contributed by atoms with Gasteiger partial charge in [-0.05, 0) is 13.0 Å². The summed E-state index contributed by atoms with van der Waals surface area (Å²) in [5.41, 5.74) is -0.523. The van der Waals surface area contributed by atoms with Crippen LogP contribution in [0.3, 0.4) is 0 Å². The number of nitro benzene ring substituents is 1. The molecular weight excluding hydrogens is 379 g/mol. The van der Waals surface area contributed by atoms with E-state index in [1.807, 2.05) is 0 Å². The van der Waals surface area contributed by atoms with Crippen LogP contribution < -0.4 is 14.2 Å². The fraction of sp³-hybridized carbons (Fsp3) is 0.294. The van der Waals surface area contributed by atoms with Gasteiger partial charge in [-0.15, -0.1) is 0 Å². The lowest BCUT2D eigenvalue weighted by Gasteiger charge is -2.16. The van der Waals surface area contributed by atoms with Crippen LogP contribution in [0.15, 0.2) is 41.3 Å². The lowest BCUT2D eigenvalue weighted by molar-refractivity contribution is -0.387. The van der Waals surface area contributed by atoms with E-state index in [0.717, 1.165) is 12.1 Å². The molecule has 0 spiro atoms. The molecule has 144 valence electrons. The van der Waals surface area contributed by atoms with Crippen LogP contribution in [0.2, 0.25) is 0 Å². The minimum atomic E-state index is -4.34. The van der Waals surface area contributed by atoms with E-state index < -0.39 is 37.4 Å². The zero-order chi connectivity index (χ0) is 19.6. The average Bonchev–Trinajstić information content (AvgIpc) is 2.85. The van der Waals surface area contributed by atoms with Gasteiger partial charge in [-0.2, -0.15) is 0 Å². The van der Waals surface area contributed by atoms with Crippen molar-refractivity contribution in [2.45, 2.75) is 24.3 Å². The molecule has 27 heavy (non-hydrogen) atoms. The zero-order valence-electron chi connectivity index (χ0n) is 14.3. The number of fused-ring (bicyclic) bond motifs is 1. The first-order chi connectivity index (χ1) is 12.8. The van der Waals surface area contributed by atoms with E-state index in [0.29, 0.717) is 19.6 Å². The Morgan fingerprint density at radius 1 is 1.19 bits per heavy atom. The number of hydrogen-bond acceptors (Lipinski definition) is 6. The second kappa shape index (κ2) is 7.49. The number of nitro groups is 1. The van der Waals surface area contributed by atoms with E-state index in [4.69, 9.17) is 9.47 Å².